The Morgan fingerprint density at radius 2 is 1.16 bits per heavy atom. The number of amides is 12. The highest BCUT2D eigenvalue weighted by molar-refractivity contribution is 6.01. The van der Waals surface area contributed by atoms with Gasteiger partial charge in [0.1, 0.15) is 72.1 Å². The predicted octanol–water partition coefficient (Wildman–Crippen LogP) is 6.48. The molecule has 12 amide bonds. The van der Waals surface area contributed by atoms with Crippen LogP contribution in [0, 0.1) is 35.5 Å². The maximum absolute atomic E-state index is 15.4. The van der Waals surface area contributed by atoms with Gasteiger partial charge in [0.2, 0.25) is 70.9 Å². The maximum atomic E-state index is 15.4. The van der Waals surface area contributed by atoms with Gasteiger partial charge >= 0.3 is 18.5 Å². The van der Waals surface area contributed by atoms with Crippen molar-refractivity contribution in [1.29, 1.82) is 0 Å². The number of hydrogen-bond donors (Lipinski definition) is 3. The van der Waals surface area contributed by atoms with Crippen molar-refractivity contribution in [2.75, 3.05) is 94.8 Å². The van der Waals surface area contributed by atoms with Crippen LogP contribution < -0.4 is 16.0 Å². The minimum Gasteiger partial charge on any atom is -0.378 e. The first-order valence-corrected chi connectivity index (χ1v) is 38.3. The standard InChI is InChI=1S/C73H111F11N12O13/c1-11-43(4)60-68(107)89(6)41-58(99)90(7)51-18-13-12-16-28-96(67(51)106)54(37-44-20-23-46(24-21-44)72(79,80)81)64(103)88(5)40-56(97)85-49(25-22-45-35-47(74)59(48(75)36-45)73(82,83)84)63(102)95-29-17-19-50(95)62(101)87-70(26-14-15-27-70)69(108)93(10)55(39-71(76,77)78)65(104)92(9)53(66(105)94-30-32-109-33-31-94)38-57(98)91(8)52(34-42(2)3)61(100)86-60/h42-55,59-60H,11-41H2,1-10H3,(H,85,97)(H,86,100)(H,87,101)/t43-,44?,45?,46?,47?,48?,49-,50-,51-,52-,53-,54-,55-,59?,60-/m0/s1. The van der Waals surface area contributed by atoms with Crippen LogP contribution in [0.5, 0.6) is 0 Å². The van der Waals surface area contributed by atoms with Gasteiger partial charge in [0, 0.05) is 68.5 Å². The highest BCUT2D eigenvalue weighted by Gasteiger charge is 2.56. The van der Waals surface area contributed by atoms with Gasteiger partial charge in [0.15, 0.2) is 0 Å². The molecule has 4 saturated heterocycles. The van der Waals surface area contributed by atoms with Gasteiger partial charge in [0.25, 0.3) is 0 Å². The molecule has 7 fully saturated rings. The van der Waals surface area contributed by atoms with Crippen LogP contribution in [0.25, 0.3) is 0 Å². The molecule has 4 heterocycles. The minimum atomic E-state index is -5.25. The number of nitrogens with zero attached hydrogens (tertiary/aromatic N) is 9. The summed E-state index contributed by atoms with van der Waals surface area (Å²) in [6, 6.07) is -13.3. The van der Waals surface area contributed by atoms with Gasteiger partial charge in [-0.3, -0.25) is 57.5 Å². The van der Waals surface area contributed by atoms with E-state index in [2.05, 4.69) is 16.0 Å². The van der Waals surface area contributed by atoms with E-state index >= 15 is 45.9 Å². The fourth-order valence-corrected chi connectivity index (χ4v) is 16.8. The average Bonchev–Trinajstić information content (AvgIpc) is 1.75. The van der Waals surface area contributed by atoms with Crippen molar-refractivity contribution in [3.05, 3.63) is 0 Å². The summed E-state index contributed by atoms with van der Waals surface area (Å²) in [4.78, 5) is 189. The molecule has 0 radical (unpaired) electrons. The first-order chi connectivity index (χ1) is 50.9. The van der Waals surface area contributed by atoms with Crippen LogP contribution in [0.15, 0.2) is 0 Å². The fraction of sp³-hybridized carbons (Fsp3) is 0.836. The molecule has 7 aliphatic rings. The van der Waals surface area contributed by atoms with Crippen molar-refractivity contribution in [3.8, 4) is 0 Å². The van der Waals surface area contributed by atoms with E-state index in [1.165, 1.54) is 38.0 Å². The van der Waals surface area contributed by atoms with Gasteiger partial charge in [-0.1, -0.05) is 59.8 Å². The van der Waals surface area contributed by atoms with Gasteiger partial charge in [-0.2, -0.15) is 39.5 Å². The zero-order valence-electron chi connectivity index (χ0n) is 64.1. The summed E-state index contributed by atoms with van der Waals surface area (Å²) in [6.07, 6.45) is -25.5. The number of halogens is 11. The molecule has 3 N–H and O–H groups in total. The number of hydrogen-bond acceptors (Lipinski definition) is 13. The highest BCUT2D eigenvalue weighted by Crippen LogP contribution is 2.45. The van der Waals surface area contributed by atoms with E-state index < -0.39 is 230 Å². The van der Waals surface area contributed by atoms with Crippen LogP contribution in [0.4, 0.5) is 48.3 Å². The van der Waals surface area contributed by atoms with Crippen molar-refractivity contribution < 1.29 is 111 Å². The second-order valence-corrected chi connectivity index (χ2v) is 31.8. The average molecular weight is 1570 g/mol. The Bertz CT molecular complexity index is 3210. The number of carbonyl (C=O) groups excluding carboxylic acids is 12. The van der Waals surface area contributed by atoms with Gasteiger partial charge in [-0.25, -0.2) is 8.78 Å². The van der Waals surface area contributed by atoms with E-state index in [0.29, 0.717) is 29.1 Å². The van der Waals surface area contributed by atoms with Crippen LogP contribution in [-0.4, -0.2) is 294 Å². The van der Waals surface area contributed by atoms with Crippen LogP contribution in [-0.2, 0) is 62.3 Å². The van der Waals surface area contributed by atoms with Crippen molar-refractivity contribution in [2.45, 2.75) is 260 Å². The van der Waals surface area contributed by atoms with E-state index in [1.807, 2.05) is 0 Å². The lowest BCUT2D eigenvalue weighted by Gasteiger charge is -2.41. The van der Waals surface area contributed by atoms with Crippen LogP contribution in [0.3, 0.4) is 0 Å². The third-order valence-corrected chi connectivity index (χ3v) is 23.6. The molecule has 2 bridgehead atoms. The summed E-state index contributed by atoms with van der Waals surface area (Å²) in [5.41, 5.74) is -2.07. The smallest absolute Gasteiger partial charge is 0.378 e. The molecule has 0 aromatic carbocycles. The molecule has 11 atom stereocenters. The van der Waals surface area contributed by atoms with E-state index in [-0.39, 0.29) is 142 Å². The van der Waals surface area contributed by atoms with E-state index in [0.717, 1.165) is 38.6 Å². The molecule has 0 aromatic heterocycles. The summed E-state index contributed by atoms with van der Waals surface area (Å²) in [6.45, 7) is 4.71. The zero-order valence-corrected chi connectivity index (χ0v) is 64.1. The Hall–Kier alpha value is -7.17. The summed E-state index contributed by atoms with van der Waals surface area (Å²) >= 11 is 0. The Morgan fingerprint density at radius 3 is 1.73 bits per heavy atom. The monoisotopic (exact) mass is 1570 g/mol. The van der Waals surface area contributed by atoms with E-state index in [4.69, 9.17) is 4.74 Å². The molecule has 3 aliphatic carbocycles. The van der Waals surface area contributed by atoms with Gasteiger partial charge in [-0.05, 0) is 126 Å². The molecule has 1 spiro atoms. The molecule has 3 saturated carbocycles. The Balaban J connectivity index is 1.32. The number of alkyl halides is 11. The quantitative estimate of drug-likeness (QED) is 0.187. The number of carbonyl (C=O) groups is 12. The molecule has 109 heavy (non-hydrogen) atoms. The molecule has 4 aliphatic heterocycles. The number of morpholine rings is 1. The third-order valence-electron chi connectivity index (χ3n) is 23.6. The second kappa shape index (κ2) is 37.9. The summed E-state index contributed by atoms with van der Waals surface area (Å²) in [5.74, 6) is -19.1. The number of likely N-dealkylation sites (N-methyl/N-ethyl adjacent to an activating group) is 6. The fourth-order valence-electron chi connectivity index (χ4n) is 16.8. The second-order valence-electron chi connectivity index (χ2n) is 31.8. The molecular formula is C73H111F11N12O13. The maximum Gasteiger partial charge on any atom is 0.397 e. The molecular weight excluding hydrogens is 1460 g/mol. The van der Waals surface area contributed by atoms with Crippen molar-refractivity contribution in [1.82, 2.24) is 60.0 Å². The lowest BCUT2D eigenvalue weighted by Crippen LogP contribution is -2.64. The molecule has 618 valence electrons. The molecule has 0 aromatic rings. The first-order valence-electron chi connectivity index (χ1n) is 38.3. The topological polar surface area (TPSA) is 279 Å². The Kier molecular flexibility index (Phi) is 31.0. The Labute approximate surface area is 629 Å². The summed E-state index contributed by atoms with van der Waals surface area (Å²) in [5, 5.41) is 8.01. The molecule has 25 nitrogen and oxygen atoms in total. The predicted molar refractivity (Wildman–Crippen MR) is 372 cm³/mol. The normalized spacial score (nSPS) is 31.2. The Morgan fingerprint density at radius 1 is 0.560 bits per heavy atom. The number of fused-ring (bicyclic) bond motifs is 3. The summed E-state index contributed by atoms with van der Waals surface area (Å²) < 4.78 is 165. The lowest BCUT2D eigenvalue weighted by atomic mass is 9.76. The van der Waals surface area contributed by atoms with Crippen molar-refractivity contribution >= 4 is 70.9 Å². The lowest BCUT2D eigenvalue weighted by molar-refractivity contribution is -0.219. The first kappa shape index (κ1) is 89.0. The van der Waals surface area contributed by atoms with E-state index in [1.54, 1.807) is 27.7 Å². The highest BCUT2D eigenvalue weighted by atomic mass is 19.4. The number of rotatable bonds is 11. The van der Waals surface area contributed by atoms with Gasteiger partial charge in [-0.15, -0.1) is 0 Å². The van der Waals surface area contributed by atoms with Gasteiger partial charge < -0.3 is 64.8 Å². The van der Waals surface area contributed by atoms with Crippen LogP contribution >= 0.6 is 0 Å². The number of ether oxygens (including phenoxy) is 1. The molecule has 2 unspecified atom stereocenters. The van der Waals surface area contributed by atoms with Crippen molar-refractivity contribution in [3.63, 3.8) is 0 Å². The molecule has 36 heteroatoms. The molecule has 7 rings (SSSR count). The third kappa shape index (κ3) is 22.6. The largest absolute Gasteiger partial charge is 0.397 e. The summed E-state index contributed by atoms with van der Waals surface area (Å²) in [7, 11) is 6.89. The van der Waals surface area contributed by atoms with Crippen LogP contribution in [0.2, 0.25) is 0 Å². The minimum absolute atomic E-state index is 0.00578. The van der Waals surface area contributed by atoms with Crippen molar-refractivity contribution in [2.24, 2.45) is 35.5 Å². The van der Waals surface area contributed by atoms with E-state index in [9.17, 15) is 59.9 Å². The SMILES string of the molecule is CC[C@H](C)[C@@H]1NC(=O)[C@H](CC(C)C)N(C)C(=O)C[C@@H](C(=O)N2CCOCC2)N(C)C(=O)[C@H](CC(F)(F)F)N(C)C(=O)C2(CCCC2)NC(=O)[C@@H]2CCCN2C(=O)[C@H](CCC2CC(F)C(C(F)(F)F)C(F)C2)NC(=O)CN(C)C(=O)[C@H](CC2CCC(C(F)(F)F)CC2)N2CCCCC[C@@H](C2=O)N(C)C(=O)CN(C)C1=O. The zero-order chi connectivity index (χ0) is 81.1. The number of nitrogens with one attached hydrogen (secondary N) is 3. The van der Waals surface area contributed by atoms with Gasteiger partial charge in [0.05, 0.1) is 45.1 Å². The van der Waals surface area contributed by atoms with Crippen LogP contribution in [0.1, 0.15) is 175 Å².